The van der Waals surface area contributed by atoms with Gasteiger partial charge in [0.2, 0.25) is 11.8 Å². The Kier molecular flexibility index (Phi) is 3.74. The molecule has 0 aromatic heterocycles. The lowest BCUT2D eigenvalue weighted by atomic mass is 9.70. The zero-order valence-electron chi connectivity index (χ0n) is 9.96. The van der Waals surface area contributed by atoms with E-state index in [1.165, 1.54) is 6.92 Å². The Hall–Kier alpha value is -1.20. The van der Waals surface area contributed by atoms with Crippen LogP contribution in [0.3, 0.4) is 0 Å². The molecule has 4 nitrogen and oxygen atoms in total. The highest BCUT2D eigenvalue weighted by atomic mass is 19.3. The molecule has 0 spiro atoms. The Labute approximate surface area is 98.5 Å². The van der Waals surface area contributed by atoms with Gasteiger partial charge in [0.15, 0.2) is 0 Å². The van der Waals surface area contributed by atoms with E-state index in [0.717, 1.165) is 0 Å². The van der Waals surface area contributed by atoms with Crippen LogP contribution in [0, 0.1) is 11.3 Å². The standard InChI is InChI=1S/C11H17F2NO3/c1-3-17-9(16)10(2,8(14)15)4-7-5-11(12,13)6-7/h7H,3-6H2,1-2H3,(H2,14,15). The van der Waals surface area contributed by atoms with Crippen molar-refractivity contribution in [2.75, 3.05) is 6.61 Å². The molecule has 0 saturated heterocycles. The van der Waals surface area contributed by atoms with Crippen molar-refractivity contribution < 1.29 is 23.1 Å². The highest BCUT2D eigenvalue weighted by Crippen LogP contribution is 2.47. The number of hydrogen-bond donors (Lipinski definition) is 1. The van der Waals surface area contributed by atoms with Crippen LogP contribution in [0.4, 0.5) is 8.78 Å². The predicted octanol–water partition coefficient (Wildman–Crippen LogP) is 1.48. The average molecular weight is 249 g/mol. The zero-order chi connectivity index (χ0) is 13.3. The van der Waals surface area contributed by atoms with Gasteiger partial charge in [0.05, 0.1) is 6.61 Å². The second-order valence-electron chi connectivity index (χ2n) is 4.75. The Morgan fingerprint density at radius 2 is 2.00 bits per heavy atom. The zero-order valence-corrected chi connectivity index (χ0v) is 9.96. The number of ether oxygens (including phenoxy) is 1. The first-order valence-electron chi connectivity index (χ1n) is 5.56. The molecule has 17 heavy (non-hydrogen) atoms. The van der Waals surface area contributed by atoms with E-state index in [1.807, 2.05) is 0 Å². The minimum Gasteiger partial charge on any atom is -0.465 e. The summed E-state index contributed by atoms with van der Waals surface area (Å²) in [5, 5.41) is 0. The molecule has 1 aliphatic rings. The van der Waals surface area contributed by atoms with E-state index >= 15 is 0 Å². The Morgan fingerprint density at radius 3 is 2.35 bits per heavy atom. The fraction of sp³-hybridized carbons (Fsp3) is 0.818. The van der Waals surface area contributed by atoms with Gasteiger partial charge in [0, 0.05) is 12.8 Å². The first-order valence-corrected chi connectivity index (χ1v) is 5.56. The van der Waals surface area contributed by atoms with Crippen LogP contribution in [0.25, 0.3) is 0 Å². The maximum atomic E-state index is 12.7. The summed E-state index contributed by atoms with van der Waals surface area (Å²) in [7, 11) is 0. The average Bonchev–Trinajstić information content (AvgIpc) is 2.14. The summed E-state index contributed by atoms with van der Waals surface area (Å²) in [6.45, 7) is 3.09. The number of rotatable bonds is 5. The topological polar surface area (TPSA) is 69.4 Å². The summed E-state index contributed by atoms with van der Waals surface area (Å²) in [4.78, 5) is 22.9. The van der Waals surface area contributed by atoms with Crippen molar-refractivity contribution in [3.8, 4) is 0 Å². The third kappa shape index (κ3) is 2.92. The van der Waals surface area contributed by atoms with Crippen LogP contribution in [-0.2, 0) is 14.3 Å². The van der Waals surface area contributed by atoms with Crippen LogP contribution in [0.15, 0.2) is 0 Å². The van der Waals surface area contributed by atoms with Gasteiger partial charge in [0.1, 0.15) is 5.41 Å². The molecule has 1 atom stereocenters. The minimum atomic E-state index is -2.67. The van der Waals surface area contributed by atoms with Crippen LogP contribution in [0.1, 0.15) is 33.1 Å². The number of carbonyl (C=O) groups excluding carboxylic acids is 2. The molecule has 1 unspecified atom stereocenters. The fourth-order valence-electron chi connectivity index (χ4n) is 2.08. The Balaban J connectivity index is 2.67. The van der Waals surface area contributed by atoms with Crippen molar-refractivity contribution in [2.45, 2.75) is 39.0 Å². The van der Waals surface area contributed by atoms with E-state index in [9.17, 15) is 18.4 Å². The molecule has 0 radical (unpaired) electrons. The number of carbonyl (C=O) groups is 2. The number of alkyl halides is 2. The van der Waals surface area contributed by atoms with Gasteiger partial charge in [-0.25, -0.2) is 8.78 Å². The van der Waals surface area contributed by atoms with Crippen molar-refractivity contribution in [3.63, 3.8) is 0 Å². The molecule has 0 bridgehead atoms. The normalized spacial score (nSPS) is 22.4. The smallest absolute Gasteiger partial charge is 0.321 e. The van der Waals surface area contributed by atoms with Gasteiger partial charge in [-0.15, -0.1) is 0 Å². The molecule has 1 saturated carbocycles. The van der Waals surface area contributed by atoms with Gasteiger partial charge < -0.3 is 10.5 Å². The molecule has 98 valence electrons. The monoisotopic (exact) mass is 249 g/mol. The summed E-state index contributed by atoms with van der Waals surface area (Å²) in [6.07, 6.45) is -0.568. The molecule has 1 amide bonds. The summed E-state index contributed by atoms with van der Waals surface area (Å²) in [5.74, 6) is -4.58. The van der Waals surface area contributed by atoms with E-state index in [0.29, 0.717) is 0 Å². The highest BCUT2D eigenvalue weighted by molar-refractivity contribution is 6.01. The third-order valence-electron chi connectivity index (χ3n) is 3.14. The van der Waals surface area contributed by atoms with Crippen molar-refractivity contribution in [2.24, 2.45) is 17.1 Å². The van der Waals surface area contributed by atoms with Gasteiger partial charge >= 0.3 is 5.97 Å². The van der Waals surface area contributed by atoms with Crippen LogP contribution in [0.2, 0.25) is 0 Å². The number of amides is 1. The van der Waals surface area contributed by atoms with Gasteiger partial charge in [-0.2, -0.15) is 0 Å². The summed E-state index contributed by atoms with van der Waals surface area (Å²) in [6, 6.07) is 0. The van der Waals surface area contributed by atoms with Crippen LogP contribution < -0.4 is 5.73 Å². The first kappa shape index (κ1) is 13.9. The molecule has 0 aliphatic heterocycles. The Bertz CT molecular complexity index is 325. The largest absolute Gasteiger partial charge is 0.465 e. The van der Waals surface area contributed by atoms with Crippen molar-refractivity contribution in [1.29, 1.82) is 0 Å². The molecule has 0 aromatic carbocycles. The van der Waals surface area contributed by atoms with Crippen molar-refractivity contribution >= 4 is 11.9 Å². The third-order valence-corrected chi connectivity index (χ3v) is 3.14. The van der Waals surface area contributed by atoms with Crippen LogP contribution in [0.5, 0.6) is 0 Å². The van der Waals surface area contributed by atoms with Crippen molar-refractivity contribution in [3.05, 3.63) is 0 Å². The number of nitrogens with two attached hydrogens (primary N) is 1. The number of esters is 1. The number of primary amides is 1. The lowest BCUT2D eigenvalue weighted by molar-refractivity contribution is -0.165. The second kappa shape index (κ2) is 4.58. The fourth-order valence-corrected chi connectivity index (χ4v) is 2.08. The van der Waals surface area contributed by atoms with Gasteiger partial charge in [-0.1, -0.05) is 0 Å². The van der Waals surface area contributed by atoms with E-state index < -0.39 is 23.2 Å². The number of halogens is 2. The van der Waals surface area contributed by atoms with E-state index in [4.69, 9.17) is 10.5 Å². The maximum absolute atomic E-state index is 12.7. The molecule has 2 N–H and O–H groups in total. The molecule has 1 rings (SSSR count). The van der Waals surface area contributed by atoms with E-state index in [-0.39, 0.29) is 31.8 Å². The summed E-state index contributed by atoms with van der Waals surface area (Å²) >= 11 is 0. The molecular formula is C11H17F2NO3. The quantitative estimate of drug-likeness (QED) is 0.592. The molecule has 0 aromatic rings. The Morgan fingerprint density at radius 1 is 1.47 bits per heavy atom. The lowest BCUT2D eigenvalue weighted by Gasteiger charge is -2.38. The highest BCUT2D eigenvalue weighted by Gasteiger charge is 2.51. The van der Waals surface area contributed by atoms with Crippen LogP contribution >= 0.6 is 0 Å². The summed E-state index contributed by atoms with van der Waals surface area (Å²) < 4.78 is 30.1. The van der Waals surface area contributed by atoms with E-state index in [2.05, 4.69) is 0 Å². The maximum Gasteiger partial charge on any atom is 0.321 e. The molecule has 6 heteroatoms. The molecule has 1 aliphatic carbocycles. The van der Waals surface area contributed by atoms with Crippen molar-refractivity contribution in [1.82, 2.24) is 0 Å². The molecule has 0 heterocycles. The van der Waals surface area contributed by atoms with Crippen LogP contribution in [-0.4, -0.2) is 24.4 Å². The first-order chi connectivity index (χ1) is 7.71. The number of hydrogen-bond acceptors (Lipinski definition) is 3. The molecular weight excluding hydrogens is 232 g/mol. The molecule has 1 fully saturated rings. The van der Waals surface area contributed by atoms with Gasteiger partial charge in [-0.3, -0.25) is 9.59 Å². The summed E-state index contributed by atoms with van der Waals surface area (Å²) in [5.41, 5.74) is 3.67. The van der Waals surface area contributed by atoms with Gasteiger partial charge in [0.25, 0.3) is 0 Å². The second-order valence-corrected chi connectivity index (χ2v) is 4.75. The lowest BCUT2D eigenvalue weighted by Crippen LogP contribution is -2.47. The van der Waals surface area contributed by atoms with E-state index in [1.54, 1.807) is 6.92 Å². The predicted molar refractivity (Wildman–Crippen MR) is 56.2 cm³/mol. The minimum absolute atomic E-state index is 0.0246. The SMILES string of the molecule is CCOC(=O)C(C)(CC1CC(F)(F)C1)C(N)=O. The van der Waals surface area contributed by atoms with Gasteiger partial charge in [-0.05, 0) is 26.2 Å².